The van der Waals surface area contributed by atoms with Crippen LogP contribution in [0.25, 0.3) is 6.08 Å². The van der Waals surface area contributed by atoms with Crippen molar-refractivity contribution in [1.29, 1.82) is 0 Å². The van der Waals surface area contributed by atoms with Gasteiger partial charge in [-0.3, -0.25) is 10.1 Å². The normalized spacial score (nSPS) is 11.5. The Morgan fingerprint density at radius 3 is 2.67 bits per heavy atom. The van der Waals surface area contributed by atoms with Crippen LogP contribution in [0.4, 0.5) is 11.4 Å². The van der Waals surface area contributed by atoms with Gasteiger partial charge in [-0.2, -0.15) is 0 Å². The second-order valence-electron chi connectivity index (χ2n) is 3.21. The second kappa shape index (κ2) is 4.44. The molecule has 0 aliphatic heterocycles. The highest BCUT2D eigenvalue weighted by molar-refractivity contribution is 9.11. The van der Waals surface area contributed by atoms with Gasteiger partial charge in [0.1, 0.15) is 5.69 Å². The van der Waals surface area contributed by atoms with Crippen LogP contribution in [-0.4, -0.2) is 4.92 Å². The van der Waals surface area contributed by atoms with Gasteiger partial charge in [0.15, 0.2) is 0 Å². The van der Waals surface area contributed by atoms with Gasteiger partial charge in [-0.1, -0.05) is 22.0 Å². The zero-order valence-corrected chi connectivity index (χ0v) is 10.0. The van der Waals surface area contributed by atoms with Crippen molar-refractivity contribution in [2.24, 2.45) is 0 Å². The van der Waals surface area contributed by atoms with Crippen molar-refractivity contribution in [3.8, 4) is 0 Å². The molecule has 0 spiro atoms. The van der Waals surface area contributed by atoms with Gasteiger partial charge in [-0.25, -0.2) is 0 Å². The Hall–Kier alpha value is -1.36. The van der Waals surface area contributed by atoms with Crippen LogP contribution >= 0.6 is 15.9 Å². The minimum Gasteiger partial charge on any atom is -0.393 e. The predicted octanol–water partition coefficient (Wildman–Crippen LogP) is 3.24. The summed E-state index contributed by atoms with van der Waals surface area (Å²) < 4.78 is 0.907. The maximum atomic E-state index is 10.8. The van der Waals surface area contributed by atoms with E-state index in [0.29, 0.717) is 5.56 Å². The number of nitrogen functional groups attached to an aromatic ring is 1. The zero-order valence-electron chi connectivity index (χ0n) is 8.45. The molecule has 0 amide bonds. The summed E-state index contributed by atoms with van der Waals surface area (Å²) >= 11 is 3.29. The van der Waals surface area contributed by atoms with Crippen molar-refractivity contribution in [2.75, 3.05) is 5.73 Å². The number of anilines is 1. The maximum absolute atomic E-state index is 10.8. The molecule has 0 radical (unpaired) electrons. The molecule has 0 aromatic heterocycles. The minimum absolute atomic E-state index is 0.0162. The molecular formula is C10H11BrN2O2. The third kappa shape index (κ3) is 2.56. The average molecular weight is 271 g/mol. The molecule has 0 heterocycles. The molecule has 2 N–H and O–H groups in total. The van der Waals surface area contributed by atoms with Crippen molar-refractivity contribution in [2.45, 2.75) is 13.8 Å². The second-order valence-corrected chi connectivity index (χ2v) is 4.46. The van der Waals surface area contributed by atoms with Crippen LogP contribution in [0.3, 0.4) is 0 Å². The third-order valence-corrected chi connectivity index (χ3v) is 2.27. The Labute approximate surface area is 96.1 Å². The highest BCUT2D eigenvalue weighted by atomic mass is 79.9. The molecule has 0 fully saturated rings. The molecule has 1 aromatic rings. The van der Waals surface area contributed by atoms with E-state index in [9.17, 15) is 10.1 Å². The zero-order chi connectivity index (χ0) is 11.6. The molecule has 0 saturated carbocycles. The highest BCUT2D eigenvalue weighted by Gasteiger charge is 2.17. The summed E-state index contributed by atoms with van der Waals surface area (Å²) in [6, 6.07) is 3.31. The van der Waals surface area contributed by atoms with Gasteiger partial charge >= 0.3 is 0 Å². The molecule has 5 heteroatoms. The first-order valence-corrected chi connectivity index (χ1v) is 5.10. The number of nitrogens with zero attached hydrogens (tertiary/aromatic N) is 1. The lowest BCUT2D eigenvalue weighted by molar-refractivity contribution is -0.384. The van der Waals surface area contributed by atoms with E-state index in [4.69, 9.17) is 5.73 Å². The van der Waals surface area contributed by atoms with Gasteiger partial charge in [0, 0.05) is 5.56 Å². The van der Waals surface area contributed by atoms with Crippen LogP contribution in [0.2, 0.25) is 0 Å². The van der Waals surface area contributed by atoms with Crippen molar-refractivity contribution in [3.05, 3.63) is 37.9 Å². The number of nitro benzene ring substituents is 1. The molecule has 0 unspecified atom stereocenters. The standard InChI is InChI=1S/C10H11BrN2O2/c1-6(11)5-8-3-4-9(12)10(7(8)2)13(14)15/h3-5H,12H2,1-2H3/b6-5+. The average Bonchev–Trinajstić information content (AvgIpc) is 2.09. The smallest absolute Gasteiger partial charge is 0.295 e. The van der Waals surface area contributed by atoms with E-state index < -0.39 is 4.92 Å². The van der Waals surface area contributed by atoms with E-state index in [1.807, 2.05) is 13.0 Å². The Morgan fingerprint density at radius 1 is 1.60 bits per heavy atom. The predicted molar refractivity (Wildman–Crippen MR) is 64.8 cm³/mol. The van der Waals surface area contributed by atoms with Gasteiger partial charge < -0.3 is 5.73 Å². The van der Waals surface area contributed by atoms with Gasteiger partial charge in [0.25, 0.3) is 5.69 Å². The molecular weight excluding hydrogens is 260 g/mol. The first kappa shape index (κ1) is 11.7. The number of nitrogens with two attached hydrogens (primary N) is 1. The highest BCUT2D eigenvalue weighted by Crippen LogP contribution is 2.29. The Balaban J connectivity index is 3.41. The molecule has 0 atom stereocenters. The summed E-state index contributed by atoms with van der Waals surface area (Å²) in [6.07, 6.45) is 1.82. The van der Waals surface area contributed by atoms with Crippen LogP contribution in [0.1, 0.15) is 18.1 Å². The van der Waals surface area contributed by atoms with Gasteiger partial charge in [-0.15, -0.1) is 0 Å². The van der Waals surface area contributed by atoms with Gasteiger partial charge in [0.05, 0.1) is 4.92 Å². The lowest BCUT2D eigenvalue weighted by Gasteiger charge is -2.04. The van der Waals surface area contributed by atoms with Crippen LogP contribution in [0, 0.1) is 17.0 Å². The number of rotatable bonds is 2. The number of hydrogen-bond donors (Lipinski definition) is 1. The lowest BCUT2D eigenvalue weighted by atomic mass is 10.1. The van der Waals surface area contributed by atoms with Gasteiger partial charge in [0.2, 0.25) is 0 Å². The fourth-order valence-electron chi connectivity index (χ4n) is 1.35. The molecule has 1 rings (SSSR count). The lowest BCUT2D eigenvalue weighted by Crippen LogP contribution is -1.99. The van der Waals surface area contributed by atoms with E-state index in [0.717, 1.165) is 10.0 Å². The first-order valence-electron chi connectivity index (χ1n) is 4.30. The van der Waals surface area contributed by atoms with E-state index in [1.165, 1.54) is 0 Å². The third-order valence-electron chi connectivity index (χ3n) is 2.04. The summed E-state index contributed by atoms with van der Waals surface area (Å²) in [6.45, 7) is 3.55. The summed E-state index contributed by atoms with van der Waals surface area (Å²) in [5.74, 6) is 0. The molecule has 0 aliphatic carbocycles. The summed E-state index contributed by atoms with van der Waals surface area (Å²) in [5.41, 5.74) is 7.11. The summed E-state index contributed by atoms with van der Waals surface area (Å²) in [4.78, 5) is 10.3. The number of allylic oxidation sites excluding steroid dienone is 1. The van der Waals surface area contributed by atoms with Crippen LogP contribution in [-0.2, 0) is 0 Å². The molecule has 0 bridgehead atoms. The molecule has 15 heavy (non-hydrogen) atoms. The van der Waals surface area contributed by atoms with Crippen molar-refractivity contribution >= 4 is 33.4 Å². The SMILES string of the molecule is C/C(Br)=C\c1ccc(N)c([N+](=O)[O-])c1C. The fraction of sp³-hybridized carbons (Fsp3) is 0.200. The molecule has 4 nitrogen and oxygen atoms in total. The van der Waals surface area contributed by atoms with E-state index in [-0.39, 0.29) is 11.4 Å². The van der Waals surface area contributed by atoms with E-state index >= 15 is 0 Å². The summed E-state index contributed by atoms with van der Waals surface area (Å²) in [5, 5.41) is 10.8. The van der Waals surface area contributed by atoms with Crippen molar-refractivity contribution < 1.29 is 4.92 Å². The molecule has 80 valence electrons. The first-order chi connectivity index (χ1) is 6.93. The number of nitro groups is 1. The largest absolute Gasteiger partial charge is 0.393 e. The van der Waals surface area contributed by atoms with Crippen LogP contribution < -0.4 is 5.73 Å². The molecule has 0 saturated heterocycles. The molecule has 0 aliphatic rings. The van der Waals surface area contributed by atoms with E-state index in [2.05, 4.69) is 15.9 Å². The van der Waals surface area contributed by atoms with Gasteiger partial charge in [-0.05, 0) is 36.0 Å². The quantitative estimate of drug-likeness (QED) is 0.510. The fourth-order valence-corrected chi connectivity index (χ4v) is 1.60. The van der Waals surface area contributed by atoms with Crippen molar-refractivity contribution in [3.63, 3.8) is 0 Å². The van der Waals surface area contributed by atoms with E-state index in [1.54, 1.807) is 19.1 Å². The van der Waals surface area contributed by atoms with Crippen LogP contribution in [0.5, 0.6) is 0 Å². The minimum atomic E-state index is -0.453. The number of halogens is 1. The monoisotopic (exact) mass is 270 g/mol. The Bertz CT molecular complexity index is 437. The molecule has 1 aromatic carbocycles. The number of benzene rings is 1. The van der Waals surface area contributed by atoms with Crippen molar-refractivity contribution in [1.82, 2.24) is 0 Å². The number of hydrogen-bond acceptors (Lipinski definition) is 3. The summed E-state index contributed by atoms with van der Waals surface area (Å²) in [7, 11) is 0. The van der Waals surface area contributed by atoms with Crippen LogP contribution in [0.15, 0.2) is 16.6 Å². The maximum Gasteiger partial charge on any atom is 0.295 e. The Kier molecular flexibility index (Phi) is 3.47. The topological polar surface area (TPSA) is 69.2 Å². The Morgan fingerprint density at radius 2 is 2.20 bits per heavy atom.